The van der Waals surface area contributed by atoms with Crippen molar-refractivity contribution in [3.63, 3.8) is 0 Å². The van der Waals surface area contributed by atoms with Crippen molar-refractivity contribution in [1.82, 2.24) is 10.6 Å². The van der Waals surface area contributed by atoms with E-state index in [1.807, 2.05) is 42.6 Å². The van der Waals surface area contributed by atoms with Crippen LogP contribution < -0.4 is 10.6 Å². The lowest BCUT2D eigenvalue weighted by molar-refractivity contribution is -0.122. The summed E-state index contributed by atoms with van der Waals surface area (Å²) in [7, 11) is 0. The predicted molar refractivity (Wildman–Crippen MR) is 103 cm³/mol. The first-order chi connectivity index (χ1) is 11.8. The van der Waals surface area contributed by atoms with Gasteiger partial charge in [-0.25, -0.2) is 0 Å². The molecule has 0 radical (unpaired) electrons. The predicted octanol–water partition coefficient (Wildman–Crippen LogP) is 4.08. The minimum atomic E-state index is -0.142. The van der Waals surface area contributed by atoms with Crippen LogP contribution in [0.25, 0.3) is 0 Å². The molecule has 134 valence electrons. The van der Waals surface area contributed by atoms with Crippen molar-refractivity contribution in [2.45, 2.75) is 40.2 Å². The van der Waals surface area contributed by atoms with Crippen LogP contribution in [0.15, 0.2) is 41.8 Å². The van der Waals surface area contributed by atoms with Gasteiger partial charge in [0.05, 0.1) is 6.04 Å². The van der Waals surface area contributed by atoms with E-state index >= 15 is 0 Å². The molecule has 0 spiro atoms. The molecule has 0 bridgehead atoms. The van der Waals surface area contributed by atoms with E-state index in [0.717, 1.165) is 10.4 Å². The minimum Gasteiger partial charge on any atom is -0.352 e. The number of thiophene rings is 1. The molecule has 5 heteroatoms. The van der Waals surface area contributed by atoms with Crippen LogP contribution in [0, 0.1) is 12.3 Å². The van der Waals surface area contributed by atoms with E-state index in [-0.39, 0.29) is 29.7 Å². The Balaban J connectivity index is 1.87. The van der Waals surface area contributed by atoms with E-state index in [0.29, 0.717) is 12.1 Å². The van der Waals surface area contributed by atoms with E-state index in [1.165, 1.54) is 0 Å². The molecular weight excluding hydrogens is 332 g/mol. The third-order valence-corrected chi connectivity index (χ3v) is 4.96. The van der Waals surface area contributed by atoms with Gasteiger partial charge < -0.3 is 10.6 Å². The second-order valence-electron chi connectivity index (χ2n) is 7.20. The van der Waals surface area contributed by atoms with Gasteiger partial charge >= 0.3 is 0 Å². The van der Waals surface area contributed by atoms with E-state index in [9.17, 15) is 9.59 Å². The second-order valence-corrected chi connectivity index (χ2v) is 8.18. The van der Waals surface area contributed by atoms with Crippen molar-refractivity contribution in [2.24, 2.45) is 5.41 Å². The fourth-order valence-corrected chi connectivity index (χ4v) is 3.64. The van der Waals surface area contributed by atoms with Crippen molar-refractivity contribution in [2.75, 3.05) is 6.54 Å². The van der Waals surface area contributed by atoms with Gasteiger partial charge in [-0.2, -0.15) is 0 Å². The second kappa shape index (κ2) is 8.30. The van der Waals surface area contributed by atoms with Crippen LogP contribution in [0.2, 0.25) is 0 Å². The third kappa shape index (κ3) is 5.43. The summed E-state index contributed by atoms with van der Waals surface area (Å²) in [6.45, 7) is 8.55. The Kier molecular flexibility index (Phi) is 6.37. The highest BCUT2D eigenvalue weighted by molar-refractivity contribution is 7.10. The molecule has 2 N–H and O–H groups in total. The lowest BCUT2D eigenvalue weighted by atomic mass is 9.85. The monoisotopic (exact) mass is 358 g/mol. The standard InChI is InChI=1S/C20H26N2O2S/c1-14-8-5-6-9-15(14)19(24)21-12-11-17(23)22-18(20(2,3)4)16-10-7-13-25-16/h5-10,13,18H,11-12H2,1-4H3,(H,21,24)(H,22,23). The number of benzene rings is 1. The highest BCUT2D eigenvalue weighted by Gasteiger charge is 2.28. The van der Waals surface area contributed by atoms with E-state index in [4.69, 9.17) is 0 Å². The zero-order valence-electron chi connectivity index (χ0n) is 15.3. The summed E-state index contributed by atoms with van der Waals surface area (Å²) in [5.74, 6) is -0.199. The molecule has 1 heterocycles. The zero-order valence-corrected chi connectivity index (χ0v) is 16.1. The smallest absolute Gasteiger partial charge is 0.251 e. The van der Waals surface area contributed by atoms with Gasteiger partial charge in [0.2, 0.25) is 5.91 Å². The Labute approximate surface area is 153 Å². The molecule has 0 saturated carbocycles. The summed E-state index contributed by atoms with van der Waals surface area (Å²) < 4.78 is 0. The average Bonchev–Trinajstić information content (AvgIpc) is 3.05. The summed E-state index contributed by atoms with van der Waals surface area (Å²) in [6, 6.07) is 11.4. The van der Waals surface area contributed by atoms with E-state index in [1.54, 1.807) is 17.4 Å². The van der Waals surface area contributed by atoms with Crippen molar-refractivity contribution in [3.05, 3.63) is 57.8 Å². The fourth-order valence-electron chi connectivity index (χ4n) is 2.62. The molecule has 0 saturated heterocycles. The Bertz CT molecular complexity index is 718. The molecule has 2 aromatic rings. The molecule has 2 amide bonds. The fraction of sp³-hybridized carbons (Fsp3) is 0.400. The van der Waals surface area contributed by atoms with Crippen LogP contribution in [-0.4, -0.2) is 18.4 Å². The molecule has 1 unspecified atom stereocenters. The molecule has 2 rings (SSSR count). The number of amides is 2. The highest BCUT2D eigenvalue weighted by atomic mass is 32.1. The number of carbonyl (C=O) groups is 2. The van der Waals surface area contributed by atoms with Gasteiger partial charge in [-0.05, 0) is 35.4 Å². The van der Waals surface area contributed by atoms with Crippen LogP contribution >= 0.6 is 11.3 Å². The molecule has 1 atom stereocenters. The lowest BCUT2D eigenvalue weighted by Gasteiger charge is -2.30. The maximum atomic E-state index is 12.3. The van der Waals surface area contributed by atoms with Crippen LogP contribution in [-0.2, 0) is 4.79 Å². The normalized spacial score (nSPS) is 12.5. The molecule has 0 aliphatic rings. The first kappa shape index (κ1) is 19.2. The van der Waals surface area contributed by atoms with Gasteiger partial charge in [0.1, 0.15) is 0 Å². The summed E-state index contributed by atoms with van der Waals surface area (Å²) in [4.78, 5) is 25.6. The molecule has 1 aromatic carbocycles. The third-order valence-electron chi connectivity index (χ3n) is 4.03. The van der Waals surface area contributed by atoms with Crippen LogP contribution in [0.5, 0.6) is 0 Å². The number of hydrogen-bond acceptors (Lipinski definition) is 3. The average molecular weight is 359 g/mol. The maximum Gasteiger partial charge on any atom is 0.251 e. The SMILES string of the molecule is Cc1ccccc1C(=O)NCCC(=O)NC(c1cccs1)C(C)(C)C. The minimum absolute atomic E-state index is 0.0351. The Morgan fingerprint density at radius 1 is 1.12 bits per heavy atom. The summed E-state index contributed by atoms with van der Waals surface area (Å²) in [5.41, 5.74) is 1.49. The number of nitrogens with one attached hydrogen (secondary N) is 2. The first-order valence-electron chi connectivity index (χ1n) is 8.45. The highest BCUT2D eigenvalue weighted by Crippen LogP contribution is 2.35. The maximum absolute atomic E-state index is 12.3. The molecule has 4 nitrogen and oxygen atoms in total. The van der Waals surface area contributed by atoms with Gasteiger partial charge in [-0.1, -0.05) is 45.0 Å². The van der Waals surface area contributed by atoms with Gasteiger partial charge in [-0.3, -0.25) is 9.59 Å². The molecule has 0 aliphatic carbocycles. The molecular formula is C20H26N2O2S. The number of rotatable bonds is 6. The summed E-state index contributed by atoms with van der Waals surface area (Å²) >= 11 is 1.64. The van der Waals surface area contributed by atoms with E-state index < -0.39 is 0 Å². The van der Waals surface area contributed by atoms with Crippen molar-refractivity contribution >= 4 is 23.2 Å². The number of carbonyl (C=O) groups excluding carboxylic acids is 2. The molecule has 1 aromatic heterocycles. The first-order valence-corrected chi connectivity index (χ1v) is 9.33. The number of aryl methyl sites for hydroxylation is 1. The largest absolute Gasteiger partial charge is 0.352 e. The summed E-state index contributed by atoms with van der Waals surface area (Å²) in [6.07, 6.45) is 0.260. The van der Waals surface area contributed by atoms with Crippen LogP contribution in [0.4, 0.5) is 0 Å². The van der Waals surface area contributed by atoms with Crippen molar-refractivity contribution in [3.8, 4) is 0 Å². The van der Waals surface area contributed by atoms with Crippen molar-refractivity contribution < 1.29 is 9.59 Å². The Morgan fingerprint density at radius 3 is 2.44 bits per heavy atom. The van der Waals surface area contributed by atoms with Crippen LogP contribution in [0.1, 0.15) is 54.0 Å². The van der Waals surface area contributed by atoms with Crippen LogP contribution in [0.3, 0.4) is 0 Å². The molecule has 25 heavy (non-hydrogen) atoms. The van der Waals surface area contributed by atoms with E-state index in [2.05, 4.69) is 31.4 Å². The molecule has 0 fully saturated rings. The number of hydrogen-bond donors (Lipinski definition) is 2. The van der Waals surface area contributed by atoms with Crippen molar-refractivity contribution in [1.29, 1.82) is 0 Å². The van der Waals surface area contributed by atoms with Gasteiger partial charge in [0, 0.05) is 23.4 Å². The topological polar surface area (TPSA) is 58.2 Å². The zero-order chi connectivity index (χ0) is 18.4. The Hall–Kier alpha value is -2.14. The van der Waals surface area contributed by atoms with Gasteiger partial charge in [0.25, 0.3) is 5.91 Å². The van der Waals surface area contributed by atoms with Gasteiger partial charge in [-0.15, -0.1) is 11.3 Å². The lowest BCUT2D eigenvalue weighted by Crippen LogP contribution is -2.38. The van der Waals surface area contributed by atoms with Gasteiger partial charge in [0.15, 0.2) is 0 Å². The quantitative estimate of drug-likeness (QED) is 0.817. The molecule has 0 aliphatic heterocycles. The Morgan fingerprint density at radius 2 is 1.84 bits per heavy atom. The summed E-state index contributed by atoms with van der Waals surface area (Å²) in [5, 5.41) is 7.94.